The Kier molecular flexibility index (Phi) is 3.28. The maximum absolute atomic E-state index is 11.9. The van der Waals surface area contributed by atoms with Gasteiger partial charge in [0, 0.05) is 11.1 Å². The number of carbonyl (C=O) groups excluding carboxylic acids is 1. The average molecular weight is 301 g/mol. The maximum Gasteiger partial charge on any atom is 0.203 e. The van der Waals surface area contributed by atoms with Crippen molar-refractivity contribution in [3.8, 4) is 17.2 Å². The molecular formula is C12H13BrO4. The molecule has 0 aliphatic heterocycles. The topological polar surface area (TPSA) is 44.8 Å². The number of hydrogen-bond acceptors (Lipinski definition) is 4. The number of ketones is 1. The van der Waals surface area contributed by atoms with Crippen LogP contribution < -0.4 is 14.2 Å². The van der Waals surface area contributed by atoms with Crippen molar-refractivity contribution in [2.45, 2.75) is 11.2 Å². The van der Waals surface area contributed by atoms with Gasteiger partial charge in [0.15, 0.2) is 17.3 Å². The fraction of sp³-hybridized carbons (Fsp3) is 0.417. The van der Waals surface area contributed by atoms with Crippen LogP contribution in [0, 0.1) is 0 Å². The number of benzene rings is 1. The van der Waals surface area contributed by atoms with Gasteiger partial charge in [-0.3, -0.25) is 4.79 Å². The molecule has 0 saturated carbocycles. The molecular weight excluding hydrogens is 288 g/mol. The van der Waals surface area contributed by atoms with Gasteiger partial charge in [-0.25, -0.2) is 0 Å². The Labute approximate surface area is 108 Å². The molecule has 1 atom stereocenters. The van der Waals surface area contributed by atoms with E-state index in [1.807, 2.05) is 0 Å². The smallest absolute Gasteiger partial charge is 0.203 e. The van der Waals surface area contributed by atoms with E-state index in [0.29, 0.717) is 29.2 Å². The highest BCUT2D eigenvalue weighted by molar-refractivity contribution is 9.10. The Balaban J connectivity index is 2.68. The standard InChI is InChI=1S/C12H13BrO4/c1-15-9-5-6-7(4-8(13)10(6)14)11(16-2)12(9)17-3/h5,8H,4H2,1-3H3. The molecule has 0 bridgehead atoms. The summed E-state index contributed by atoms with van der Waals surface area (Å²) in [6.45, 7) is 0. The van der Waals surface area contributed by atoms with Gasteiger partial charge < -0.3 is 14.2 Å². The van der Waals surface area contributed by atoms with Crippen LogP contribution in [0.1, 0.15) is 15.9 Å². The molecule has 0 N–H and O–H groups in total. The number of hydrogen-bond donors (Lipinski definition) is 0. The number of ether oxygens (including phenoxy) is 3. The van der Waals surface area contributed by atoms with Gasteiger partial charge >= 0.3 is 0 Å². The van der Waals surface area contributed by atoms with Crippen molar-refractivity contribution in [3.05, 3.63) is 17.2 Å². The van der Waals surface area contributed by atoms with E-state index in [2.05, 4.69) is 15.9 Å². The van der Waals surface area contributed by atoms with Crippen LogP contribution in [0.4, 0.5) is 0 Å². The third-order valence-electron chi connectivity index (χ3n) is 2.87. The predicted molar refractivity (Wildman–Crippen MR) is 66.8 cm³/mol. The van der Waals surface area contributed by atoms with Gasteiger partial charge in [0.25, 0.3) is 0 Å². The van der Waals surface area contributed by atoms with Crippen LogP contribution in [-0.4, -0.2) is 31.9 Å². The summed E-state index contributed by atoms with van der Waals surface area (Å²) in [5, 5.41) is 0. The van der Waals surface area contributed by atoms with Crippen molar-refractivity contribution < 1.29 is 19.0 Å². The number of methoxy groups -OCH3 is 3. The lowest BCUT2D eigenvalue weighted by molar-refractivity contribution is 0.100. The average Bonchev–Trinajstić information content (AvgIpc) is 2.63. The molecule has 0 amide bonds. The van der Waals surface area contributed by atoms with Gasteiger partial charge in [0.1, 0.15) is 0 Å². The highest BCUT2D eigenvalue weighted by Crippen LogP contribution is 2.45. The first-order chi connectivity index (χ1) is 8.13. The summed E-state index contributed by atoms with van der Waals surface area (Å²) in [6, 6.07) is 1.71. The number of fused-ring (bicyclic) bond motifs is 1. The first-order valence-corrected chi connectivity index (χ1v) is 6.05. The van der Waals surface area contributed by atoms with E-state index in [-0.39, 0.29) is 10.6 Å². The molecule has 0 heterocycles. The third-order valence-corrected chi connectivity index (χ3v) is 3.61. The monoisotopic (exact) mass is 300 g/mol. The van der Waals surface area contributed by atoms with Crippen LogP contribution in [0.5, 0.6) is 17.2 Å². The van der Waals surface area contributed by atoms with E-state index in [9.17, 15) is 4.79 Å². The summed E-state index contributed by atoms with van der Waals surface area (Å²) in [5.41, 5.74) is 1.51. The van der Waals surface area contributed by atoms with Crippen LogP contribution in [0.2, 0.25) is 0 Å². The van der Waals surface area contributed by atoms with Crippen molar-refractivity contribution in [3.63, 3.8) is 0 Å². The zero-order valence-corrected chi connectivity index (χ0v) is 11.5. The quantitative estimate of drug-likeness (QED) is 0.803. The molecule has 0 aromatic heterocycles. The van der Waals surface area contributed by atoms with Crippen LogP contribution >= 0.6 is 15.9 Å². The van der Waals surface area contributed by atoms with E-state index in [4.69, 9.17) is 14.2 Å². The Morgan fingerprint density at radius 1 is 1.18 bits per heavy atom. The van der Waals surface area contributed by atoms with Gasteiger partial charge in [-0.1, -0.05) is 15.9 Å². The van der Waals surface area contributed by atoms with Crippen LogP contribution in [0.25, 0.3) is 0 Å². The van der Waals surface area contributed by atoms with Crippen molar-refractivity contribution >= 4 is 21.7 Å². The van der Waals surface area contributed by atoms with E-state index in [1.54, 1.807) is 20.3 Å². The Morgan fingerprint density at radius 2 is 1.82 bits per heavy atom. The highest BCUT2D eigenvalue weighted by atomic mass is 79.9. The lowest BCUT2D eigenvalue weighted by atomic mass is 10.1. The van der Waals surface area contributed by atoms with Gasteiger partial charge in [0.2, 0.25) is 5.75 Å². The molecule has 1 aromatic carbocycles. The second-order valence-electron chi connectivity index (χ2n) is 3.71. The number of halogens is 1. The van der Waals surface area contributed by atoms with Crippen molar-refractivity contribution in [2.24, 2.45) is 0 Å². The summed E-state index contributed by atoms with van der Waals surface area (Å²) in [6.07, 6.45) is 0.609. The van der Waals surface area contributed by atoms with Crippen LogP contribution in [0.15, 0.2) is 6.07 Å². The van der Waals surface area contributed by atoms with Crippen molar-refractivity contribution in [1.82, 2.24) is 0 Å². The van der Waals surface area contributed by atoms with E-state index < -0.39 is 0 Å². The van der Waals surface area contributed by atoms with E-state index >= 15 is 0 Å². The minimum absolute atomic E-state index is 0.0549. The summed E-state index contributed by atoms with van der Waals surface area (Å²) >= 11 is 3.35. The molecule has 1 aromatic rings. The SMILES string of the molecule is COc1cc2c(c(OC)c1OC)CC(Br)C2=O. The molecule has 92 valence electrons. The number of alkyl halides is 1. The lowest BCUT2D eigenvalue weighted by Gasteiger charge is -2.15. The third kappa shape index (κ3) is 1.78. The molecule has 4 nitrogen and oxygen atoms in total. The zero-order chi connectivity index (χ0) is 12.6. The molecule has 5 heteroatoms. The fourth-order valence-corrected chi connectivity index (χ4v) is 2.65. The predicted octanol–water partition coefficient (Wildman–Crippen LogP) is 2.21. The molecule has 1 aliphatic rings. The Hall–Kier alpha value is -1.23. The Morgan fingerprint density at radius 3 is 2.35 bits per heavy atom. The summed E-state index contributed by atoms with van der Waals surface area (Å²) in [7, 11) is 4.65. The summed E-state index contributed by atoms with van der Waals surface area (Å²) in [5.74, 6) is 1.68. The fourth-order valence-electron chi connectivity index (χ4n) is 2.08. The molecule has 0 spiro atoms. The van der Waals surface area contributed by atoms with Crippen LogP contribution in [0.3, 0.4) is 0 Å². The highest BCUT2D eigenvalue weighted by Gasteiger charge is 2.34. The number of rotatable bonds is 3. The molecule has 2 rings (SSSR count). The first-order valence-electron chi connectivity index (χ1n) is 5.14. The molecule has 1 unspecified atom stereocenters. The minimum Gasteiger partial charge on any atom is -0.493 e. The number of carbonyl (C=O) groups is 1. The van der Waals surface area contributed by atoms with Gasteiger partial charge in [-0.05, 0) is 12.5 Å². The van der Waals surface area contributed by atoms with E-state index in [0.717, 1.165) is 5.56 Å². The Bertz CT molecular complexity index is 470. The minimum atomic E-state index is -0.191. The maximum atomic E-state index is 11.9. The molecule has 0 saturated heterocycles. The largest absolute Gasteiger partial charge is 0.493 e. The second-order valence-corrected chi connectivity index (χ2v) is 4.81. The van der Waals surface area contributed by atoms with Crippen LogP contribution in [-0.2, 0) is 6.42 Å². The zero-order valence-electron chi connectivity index (χ0n) is 9.87. The normalized spacial score (nSPS) is 17.9. The second kappa shape index (κ2) is 4.56. The van der Waals surface area contributed by atoms with Crippen molar-refractivity contribution in [2.75, 3.05) is 21.3 Å². The van der Waals surface area contributed by atoms with Gasteiger partial charge in [0.05, 0.1) is 26.2 Å². The molecule has 1 aliphatic carbocycles. The first kappa shape index (κ1) is 12.2. The molecule has 0 fully saturated rings. The van der Waals surface area contributed by atoms with Gasteiger partial charge in [-0.15, -0.1) is 0 Å². The molecule has 0 radical (unpaired) electrons. The summed E-state index contributed by atoms with van der Waals surface area (Å²) < 4.78 is 15.8. The molecule has 17 heavy (non-hydrogen) atoms. The van der Waals surface area contributed by atoms with Gasteiger partial charge in [-0.2, -0.15) is 0 Å². The van der Waals surface area contributed by atoms with Crippen molar-refractivity contribution in [1.29, 1.82) is 0 Å². The lowest BCUT2D eigenvalue weighted by Crippen LogP contribution is -2.06. The number of Topliss-reactive ketones (excluding diaryl/α,β-unsaturated/α-hetero) is 1. The van der Waals surface area contributed by atoms with E-state index in [1.165, 1.54) is 7.11 Å². The summed E-state index contributed by atoms with van der Waals surface area (Å²) in [4.78, 5) is 11.7.